The minimum Gasteiger partial charge on any atom is -0.378 e. The van der Waals surface area contributed by atoms with Crippen LogP contribution in [0.3, 0.4) is 0 Å². The smallest absolute Gasteiger partial charge is 0.250 e. The molecule has 5 aromatic rings. The Bertz CT molecular complexity index is 1550. The van der Waals surface area contributed by atoms with Gasteiger partial charge in [0.15, 0.2) is 17.6 Å². The minimum atomic E-state index is -1.52. The van der Waals surface area contributed by atoms with Crippen molar-refractivity contribution in [2.75, 3.05) is 5.73 Å². The number of aromatic nitrogens is 6. The molecule has 0 saturated carbocycles. The summed E-state index contributed by atoms with van der Waals surface area (Å²) in [5, 5.41) is 15.0. The highest BCUT2D eigenvalue weighted by Gasteiger charge is 2.25. The van der Waals surface area contributed by atoms with Crippen LogP contribution in [0.4, 0.5) is 10.3 Å². The first kappa shape index (κ1) is 20.5. The van der Waals surface area contributed by atoms with E-state index in [0.29, 0.717) is 22.5 Å². The molecule has 0 radical (unpaired) electrons. The van der Waals surface area contributed by atoms with Gasteiger partial charge in [0.05, 0.1) is 11.3 Å². The number of anilines is 1. The van der Waals surface area contributed by atoms with Gasteiger partial charge in [-0.25, -0.2) is 14.4 Å². The highest BCUT2D eigenvalue weighted by atomic mass is 19.1. The summed E-state index contributed by atoms with van der Waals surface area (Å²) in [6.07, 6.45) is 1.51. The largest absolute Gasteiger partial charge is 0.378 e. The molecule has 4 aromatic heterocycles. The molecule has 0 amide bonds. The normalized spacial score (nSPS) is 12.2. The van der Waals surface area contributed by atoms with E-state index in [1.807, 2.05) is 30.3 Å². The van der Waals surface area contributed by atoms with E-state index in [0.717, 1.165) is 5.56 Å². The second kappa shape index (κ2) is 7.92. The molecule has 0 aliphatic heterocycles. The summed E-state index contributed by atoms with van der Waals surface area (Å²) in [6, 6.07) is 15.1. The van der Waals surface area contributed by atoms with E-state index in [-0.39, 0.29) is 23.0 Å². The lowest BCUT2D eigenvalue weighted by Crippen LogP contribution is -2.14. The van der Waals surface area contributed by atoms with Gasteiger partial charge in [-0.3, -0.25) is 9.78 Å². The van der Waals surface area contributed by atoms with Gasteiger partial charge in [0, 0.05) is 36.6 Å². The van der Waals surface area contributed by atoms with Crippen molar-refractivity contribution in [3.05, 3.63) is 94.7 Å². The Balaban J connectivity index is 1.80. The van der Waals surface area contributed by atoms with Crippen molar-refractivity contribution in [3.63, 3.8) is 0 Å². The van der Waals surface area contributed by atoms with Crippen LogP contribution in [0.2, 0.25) is 0 Å². The molecule has 0 unspecified atom stereocenters. The first-order chi connectivity index (χ1) is 15.9. The molecular formula is C23H18FN7O2. The van der Waals surface area contributed by atoms with E-state index in [9.17, 15) is 14.3 Å². The third-order valence-electron chi connectivity index (χ3n) is 5.24. The fourth-order valence-corrected chi connectivity index (χ4v) is 3.62. The maximum Gasteiger partial charge on any atom is 0.250 e. The molecular weight excluding hydrogens is 425 g/mol. The number of nitrogen functional groups attached to an aromatic ring is 1. The molecule has 0 fully saturated rings. The van der Waals surface area contributed by atoms with Gasteiger partial charge in [-0.2, -0.15) is 4.52 Å². The molecule has 0 bridgehead atoms. The molecule has 5 rings (SSSR count). The van der Waals surface area contributed by atoms with Gasteiger partial charge in [0.1, 0.15) is 11.5 Å². The summed E-state index contributed by atoms with van der Waals surface area (Å²) in [7, 11) is 1.64. The van der Waals surface area contributed by atoms with E-state index in [1.165, 1.54) is 33.5 Å². The van der Waals surface area contributed by atoms with Crippen LogP contribution < -0.4 is 11.3 Å². The Morgan fingerprint density at radius 2 is 1.82 bits per heavy atom. The van der Waals surface area contributed by atoms with Crippen molar-refractivity contribution >= 4 is 11.6 Å². The molecule has 1 aromatic carbocycles. The lowest BCUT2D eigenvalue weighted by Gasteiger charge is -2.12. The van der Waals surface area contributed by atoms with Crippen LogP contribution in [0.15, 0.2) is 71.8 Å². The minimum absolute atomic E-state index is 0.0323. The molecule has 10 heteroatoms. The Hall–Kier alpha value is -4.44. The quantitative estimate of drug-likeness (QED) is 0.437. The van der Waals surface area contributed by atoms with E-state index in [4.69, 9.17) is 5.73 Å². The molecule has 1 atom stereocenters. The van der Waals surface area contributed by atoms with Crippen molar-refractivity contribution < 1.29 is 9.50 Å². The van der Waals surface area contributed by atoms with Crippen LogP contribution in [0.1, 0.15) is 17.6 Å². The van der Waals surface area contributed by atoms with Crippen molar-refractivity contribution in [2.24, 2.45) is 7.05 Å². The van der Waals surface area contributed by atoms with E-state index in [2.05, 4.69) is 20.1 Å². The number of halogens is 1. The van der Waals surface area contributed by atoms with Gasteiger partial charge in [-0.05, 0) is 18.2 Å². The van der Waals surface area contributed by atoms with Crippen LogP contribution in [-0.4, -0.2) is 34.2 Å². The number of aryl methyl sites for hydroxylation is 1. The SMILES string of the molecule is Cn1cc(-c2c(-c3ccccc3)nc(N)n3nc([C@@H](O)c4ncccc4F)nc23)ccc1=O. The molecule has 0 saturated heterocycles. The van der Waals surface area contributed by atoms with E-state index in [1.54, 1.807) is 19.3 Å². The highest BCUT2D eigenvalue weighted by molar-refractivity contribution is 5.90. The number of benzene rings is 1. The Morgan fingerprint density at radius 3 is 2.55 bits per heavy atom. The van der Waals surface area contributed by atoms with E-state index < -0.39 is 11.9 Å². The number of aliphatic hydroxyl groups excluding tert-OH is 1. The lowest BCUT2D eigenvalue weighted by atomic mass is 10.0. The number of nitrogens with two attached hydrogens (primary N) is 1. The zero-order chi connectivity index (χ0) is 23.1. The molecule has 3 N–H and O–H groups in total. The number of pyridine rings is 2. The number of fused-ring (bicyclic) bond motifs is 1. The number of aliphatic hydroxyl groups is 1. The molecule has 9 nitrogen and oxygen atoms in total. The average molecular weight is 443 g/mol. The van der Waals surface area contributed by atoms with Crippen LogP contribution >= 0.6 is 0 Å². The summed E-state index contributed by atoms with van der Waals surface area (Å²) in [5.74, 6) is -0.736. The fourth-order valence-electron chi connectivity index (χ4n) is 3.62. The Labute approximate surface area is 186 Å². The van der Waals surface area contributed by atoms with Gasteiger partial charge >= 0.3 is 0 Å². The molecule has 0 spiro atoms. The third kappa shape index (κ3) is 3.52. The summed E-state index contributed by atoms with van der Waals surface area (Å²) >= 11 is 0. The van der Waals surface area contributed by atoms with Crippen LogP contribution in [0.5, 0.6) is 0 Å². The van der Waals surface area contributed by atoms with E-state index >= 15 is 0 Å². The maximum absolute atomic E-state index is 14.2. The second-order valence-electron chi connectivity index (χ2n) is 7.40. The van der Waals surface area contributed by atoms with Gasteiger partial charge in [0.25, 0.3) is 0 Å². The number of hydrogen-bond acceptors (Lipinski definition) is 7. The summed E-state index contributed by atoms with van der Waals surface area (Å²) in [6.45, 7) is 0. The fraction of sp³-hybridized carbons (Fsp3) is 0.0870. The molecule has 0 aliphatic carbocycles. The average Bonchev–Trinajstić information content (AvgIpc) is 3.27. The molecule has 4 heterocycles. The molecule has 0 aliphatic rings. The molecule has 33 heavy (non-hydrogen) atoms. The van der Waals surface area contributed by atoms with Gasteiger partial charge in [0.2, 0.25) is 11.5 Å². The zero-order valence-electron chi connectivity index (χ0n) is 17.4. The monoisotopic (exact) mass is 443 g/mol. The van der Waals surface area contributed by atoms with Crippen LogP contribution in [-0.2, 0) is 7.05 Å². The third-order valence-corrected chi connectivity index (χ3v) is 5.24. The van der Waals surface area contributed by atoms with Crippen molar-refractivity contribution in [1.29, 1.82) is 0 Å². The van der Waals surface area contributed by atoms with Gasteiger partial charge < -0.3 is 15.4 Å². The summed E-state index contributed by atoms with van der Waals surface area (Å²) < 4.78 is 16.9. The Kier molecular flexibility index (Phi) is 4.91. The Morgan fingerprint density at radius 1 is 1.03 bits per heavy atom. The number of hydrogen-bond donors (Lipinski definition) is 2. The predicted molar refractivity (Wildman–Crippen MR) is 120 cm³/mol. The first-order valence-corrected chi connectivity index (χ1v) is 10.0. The standard InChI is InChI=1S/C23H18FN7O2/c1-30-12-14(9-10-16(30)32)17-18(13-6-3-2-4-7-13)27-23(25)31-22(17)28-21(29-31)20(33)19-15(24)8-5-11-26-19/h2-12,20,33H,1H3,(H2,25,27)/t20-/m0/s1. The number of nitrogens with zero attached hydrogens (tertiary/aromatic N) is 6. The summed E-state index contributed by atoms with van der Waals surface area (Å²) in [4.78, 5) is 24.9. The zero-order valence-corrected chi connectivity index (χ0v) is 17.4. The van der Waals surface area contributed by atoms with Gasteiger partial charge in [-0.15, -0.1) is 5.10 Å². The number of rotatable bonds is 4. The van der Waals surface area contributed by atoms with Crippen molar-refractivity contribution in [2.45, 2.75) is 6.10 Å². The van der Waals surface area contributed by atoms with Gasteiger partial charge in [-0.1, -0.05) is 30.3 Å². The second-order valence-corrected chi connectivity index (χ2v) is 7.40. The van der Waals surface area contributed by atoms with Crippen LogP contribution in [0.25, 0.3) is 28.0 Å². The summed E-state index contributed by atoms with van der Waals surface area (Å²) in [5.41, 5.74) is 8.61. The van der Waals surface area contributed by atoms with Crippen LogP contribution in [0, 0.1) is 5.82 Å². The van der Waals surface area contributed by atoms with Crippen molar-refractivity contribution in [3.8, 4) is 22.4 Å². The van der Waals surface area contributed by atoms with Crippen molar-refractivity contribution in [1.82, 2.24) is 29.1 Å². The maximum atomic E-state index is 14.2. The molecule has 164 valence electrons. The topological polar surface area (TPSA) is 124 Å². The predicted octanol–water partition coefficient (Wildman–Crippen LogP) is 2.35. The lowest BCUT2D eigenvalue weighted by molar-refractivity contribution is 0.199. The highest BCUT2D eigenvalue weighted by Crippen LogP contribution is 2.35. The first-order valence-electron chi connectivity index (χ1n) is 10.0.